The van der Waals surface area contributed by atoms with E-state index in [0.717, 1.165) is 36.5 Å². The second-order valence-corrected chi connectivity index (χ2v) is 12.1. The molecular formula is C32H51KO3S. The third-order valence-electron chi connectivity index (χ3n) is 7.52. The molecule has 0 unspecified atom stereocenters. The van der Waals surface area contributed by atoms with Crippen molar-refractivity contribution in [2.24, 2.45) is 0 Å². The van der Waals surface area contributed by atoms with E-state index in [9.17, 15) is 13.0 Å². The molecule has 3 nitrogen and oxygen atoms in total. The van der Waals surface area contributed by atoms with Gasteiger partial charge >= 0.3 is 51.4 Å². The van der Waals surface area contributed by atoms with Gasteiger partial charge in [0.15, 0.2) is 0 Å². The summed E-state index contributed by atoms with van der Waals surface area (Å²) in [5.41, 5.74) is 1.98. The predicted molar refractivity (Wildman–Crippen MR) is 154 cm³/mol. The normalized spacial score (nSPS) is 11.6. The average molecular weight is 555 g/mol. The van der Waals surface area contributed by atoms with Gasteiger partial charge < -0.3 is 4.55 Å². The summed E-state index contributed by atoms with van der Waals surface area (Å²) in [5.74, 6) is 0. The molecule has 0 N–H and O–H groups in total. The minimum atomic E-state index is -4.48. The first kappa shape index (κ1) is 35.3. The minimum absolute atomic E-state index is 0. The van der Waals surface area contributed by atoms with Crippen LogP contribution in [0.1, 0.15) is 141 Å². The Labute approximate surface area is 271 Å². The van der Waals surface area contributed by atoms with Gasteiger partial charge in [-0.2, -0.15) is 0 Å². The second-order valence-electron chi connectivity index (χ2n) is 10.7. The molecule has 0 aliphatic heterocycles. The van der Waals surface area contributed by atoms with Crippen LogP contribution in [-0.4, -0.2) is 13.0 Å². The van der Waals surface area contributed by atoms with Gasteiger partial charge in [0.2, 0.25) is 0 Å². The van der Waals surface area contributed by atoms with Crippen LogP contribution in [-0.2, 0) is 23.0 Å². The number of fused-ring (bicyclic) bond motifs is 1. The van der Waals surface area contributed by atoms with E-state index in [0.29, 0.717) is 12.0 Å². The van der Waals surface area contributed by atoms with E-state index >= 15 is 0 Å². The Morgan fingerprint density at radius 2 is 1.03 bits per heavy atom. The molecule has 0 aromatic heterocycles. The summed E-state index contributed by atoms with van der Waals surface area (Å²) in [4.78, 5) is -0.0187. The van der Waals surface area contributed by atoms with Gasteiger partial charge in [0.05, 0.1) is 4.90 Å². The van der Waals surface area contributed by atoms with Gasteiger partial charge in [-0.25, -0.2) is 8.42 Å². The zero-order valence-corrected chi connectivity index (χ0v) is 28.1. The Hall–Kier alpha value is 0.246. The monoisotopic (exact) mass is 554 g/mol. The van der Waals surface area contributed by atoms with E-state index in [-0.39, 0.29) is 56.3 Å². The summed E-state index contributed by atoms with van der Waals surface area (Å²) in [6, 6.07) is 9.73. The molecule has 5 heteroatoms. The van der Waals surface area contributed by atoms with Crippen molar-refractivity contribution in [2.75, 3.05) is 0 Å². The standard InChI is InChI=1S/C32H52O3S.K/c1-3-5-7-9-11-13-15-17-19-22-28-24-21-25-29-27-32(36(33,34)35)30(26-31(28)29)23-20-18-16-14-12-10-8-6-4-2;/h21,24-27H,3-20,22-23H2,1-2H3,(H,33,34,35);/q;+1/p-1. The zero-order chi connectivity index (χ0) is 26.1. The first-order valence-electron chi connectivity index (χ1n) is 15.0. The Morgan fingerprint density at radius 3 is 1.49 bits per heavy atom. The predicted octanol–water partition coefficient (Wildman–Crippen LogP) is 6.89. The van der Waals surface area contributed by atoms with Crippen molar-refractivity contribution < 1.29 is 64.4 Å². The van der Waals surface area contributed by atoms with Crippen LogP contribution >= 0.6 is 0 Å². The molecule has 0 amide bonds. The summed E-state index contributed by atoms with van der Waals surface area (Å²) in [5, 5.41) is 1.99. The van der Waals surface area contributed by atoms with Crippen molar-refractivity contribution in [1.82, 2.24) is 0 Å². The average Bonchev–Trinajstić information content (AvgIpc) is 2.86. The Morgan fingerprint density at radius 1 is 0.595 bits per heavy atom. The van der Waals surface area contributed by atoms with Gasteiger partial charge in [-0.05, 0) is 59.7 Å². The molecule has 0 bridgehead atoms. The fourth-order valence-corrected chi connectivity index (χ4v) is 6.07. The maximum absolute atomic E-state index is 12.0. The molecule has 0 atom stereocenters. The molecule has 0 aliphatic carbocycles. The Bertz CT molecular complexity index is 971. The van der Waals surface area contributed by atoms with Gasteiger partial charge in [0, 0.05) is 0 Å². The number of aryl methyl sites for hydroxylation is 2. The molecule has 2 rings (SSSR count). The van der Waals surface area contributed by atoms with E-state index in [4.69, 9.17) is 0 Å². The van der Waals surface area contributed by atoms with E-state index in [1.54, 1.807) is 6.07 Å². The van der Waals surface area contributed by atoms with Crippen LogP contribution in [0.2, 0.25) is 0 Å². The van der Waals surface area contributed by atoms with E-state index in [2.05, 4.69) is 19.9 Å². The zero-order valence-electron chi connectivity index (χ0n) is 24.2. The molecule has 2 aromatic carbocycles. The number of unbranched alkanes of at least 4 members (excludes halogenated alkanes) is 16. The van der Waals surface area contributed by atoms with Gasteiger partial charge in [0.25, 0.3) is 0 Å². The number of hydrogen-bond donors (Lipinski definition) is 0. The number of benzene rings is 2. The SMILES string of the molecule is CCCCCCCCCCCc1cc2c(CCCCCCCCCCC)cccc2cc1S(=O)(=O)[O-].[K+]. The molecule has 0 radical (unpaired) electrons. The molecule has 0 aliphatic rings. The summed E-state index contributed by atoms with van der Waals surface area (Å²) in [7, 11) is -4.48. The summed E-state index contributed by atoms with van der Waals surface area (Å²) >= 11 is 0. The number of hydrogen-bond acceptors (Lipinski definition) is 3. The summed E-state index contributed by atoms with van der Waals surface area (Å²) < 4.78 is 36.1. The molecular weight excluding hydrogens is 504 g/mol. The second kappa shape index (κ2) is 21.1. The maximum atomic E-state index is 12.0. The molecule has 0 spiro atoms. The smallest absolute Gasteiger partial charge is 0.744 e. The fourth-order valence-electron chi connectivity index (χ4n) is 5.31. The maximum Gasteiger partial charge on any atom is 1.00 e. The van der Waals surface area contributed by atoms with Crippen LogP contribution in [0.5, 0.6) is 0 Å². The van der Waals surface area contributed by atoms with Crippen LogP contribution < -0.4 is 51.4 Å². The topological polar surface area (TPSA) is 57.2 Å². The van der Waals surface area contributed by atoms with Gasteiger partial charge in [-0.15, -0.1) is 0 Å². The van der Waals surface area contributed by atoms with Crippen LogP contribution in [0, 0.1) is 0 Å². The summed E-state index contributed by atoms with van der Waals surface area (Å²) in [6.45, 7) is 4.50. The molecule has 37 heavy (non-hydrogen) atoms. The van der Waals surface area contributed by atoms with Crippen molar-refractivity contribution >= 4 is 20.9 Å². The van der Waals surface area contributed by atoms with Gasteiger partial charge in [-0.3, -0.25) is 0 Å². The molecule has 0 saturated heterocycles. The van der Waals surface area contributed by atoms with Crippen LogP contribution in [0.25, 0.3) is 10.8 Å². The third-order valence-corrected chi connectivity index (χ3v) is 8.44. The van der Waals surface area contributed by atoms with Crippen molar-refractivity contribution in [1.29, 1.82) is 0 Å². The largest absolute Gasteiger partial charge is 1.00 e. The van der Waals surface area contributed by atoms with Crippen LogP contribution in [0.3, 0.4) is 0 Å². The van der Waals surface area contributed by atoms with E-state index < -0.39 is 10.1 Å². The molecule has 0 fully saturated rings. The first-order chi connectivity index (χ1) is 17.5. The van der Waals surface area contributed by atoms with Gasteiger partial charge in [0.1, 0.15) is 10.1 Å². The number of rotatable bonds is 21. The quantitative estimate of drug-likeness (QED) is 0.0958. The summed E-state index contributed by atoms with van der Waals surface area (Å²) in [6.07, 6.45) is 24.4. The van der Waals surface area contributed by atoms with E-state index in [1.807, 2.05) is 18.2 Å². The van der Waals surface area contributed by atoms with Crippen molar-refractivity contribution in [2.45, 2.75) is 147 Å². The third kappa shape index (κ3) is 14.4. The molecule has 0 heterocycles. The molecule has 0 saturated carbocycles. The van der Waals surface area contributed by atoms with E-state index in [1.165, 1.54) is 102 Å². The minimum Gasteiger partial charge on any atom is -0.744 e. The van der Waals surface area contributed by atoms with Crippen molar-refractivity contribution in [3.05, 3.63) is 41.5 Å². The van der Waals surface area contributed by atoms with Crippen molar-refractivity contribution in [3.8, 4) is 0 Å². The Balaban J connectivity index is 0.00000684. The van der Waals surface area contributed by atoms with Crippen LogP contribution in [0.4, 0.5) is 0 Å². The fraction of sp³-hybridized carbons (Fsp3) is 0.688. The molecule has 2 aromatic rings. The van der Waals surface area contributed by atoms with Gasteiger partial charge in [-0.1, -0.05) is 135 Å². The van der Waals surface area contributed by atoms with Crippen molar-refractivity contribution in [3.63, 3.8) is 0 Å². The first-order valence-corrected chi connectivity index (χ1v) is 16.4. The van der Waals surface area contributed by atoms with Crippen LogP contribution in [0.15, 0.2) is 35.2 Å². The Kier molecular flexibility index (Phi) is 20.1. The molecule has 204 valence electrons.